The van der Waals surface area contributed by atoms with Crippen LogP contribution in [-0.4, -0.2) is 19.3 Å². The van der Waals surface area contributed by atoms with Crippen molar-refractivity contribution >= 4 is 0 Å². The van der Waals surface area contributed by atoms with Gasteiger partial charge in [-0.1, -0.05) is 30.3 Å². The van der Waals surface area contributed by atoms with Crippen molar-refractivity contribution in [3.8, 4) is 0 Å². The molecule has 0 aromatic heterocycles. The standard InChI is InChI=1S/C13H21NO2/c1-13(2,3)16-14-12(10-15-4)11-8-6-5-7-9-11/h5-9,12,14H,10H2,1-4H3. The van der Waals surface area contributed by atoms with E-state index in [1.807, 2.05) is 39.0 Å². The predicted octanol–water partition coefficient (Wildman–Crippen LogP) is 2.69. The summed E-state index contributed by atoms with van der Waals surface area (Å²) < 4.78 is 5.18. The highest BCUT2D eigenvalue weighted by molar-refractivity contribution is 5.18. The first-order chi connectivity index (χ1) is 7.53. The van der Waals surface area contributed by atoms with Gasteiger partial charge in [0.25, 0.3) is 0 Å². The van der Waals surface area contributed by atoms with Crippen molar-refractivity contribution in [3.63, 3.8) is 0 Å². The molecule has 0 spiro atoms. The molecule has 1 N–H and O–H groups in total. The average Bonchev–Trinajstić information content (AvgIpc) is 2.24. The van der Waals surface area contributed by atoms with Crippen LogP contribution < -0.4 is 5.48 Å². The minimum atomic E-state index is -0.208. The highest BCUT2D eigenvalue weighted by atomic mass is 16.7. The average molecular weight is 223 g/mol. The first-order valence-electron chi connectivity index (χ1n) is 5.50. The molecular weight excluding hydrogens is 202 g/mol. The van der Waals surface area contributed by atoms with Crippen LogP contribution in [0.15, 0.2) is 30.3 Å². The third-order valence-corrected chi connectivity index (χ3v) is 2.04. The Hall–Kier alpha value is -0.900. The molecule has 0 amide bonds. The molecule has 1 atom stereocenters. The van der Waals surface area contributed by atoms with Crippen LogP contribution in [0.3, 0.4) is 0 Å². The van der Waals surface area contributed by atoms with E-state index in [0.717, 1.165) is 5.56 Å². The molecule has 0 aliphatic heterocycles. The van der Waals surface area contributed by atoms with E-state index in [2.05, 4.69) is 17.6 Å². The molecule has 1 aromatic carbocycles. The minimum absolute atomic E-state index is 0.0606. The van der Waals surface area contributed by atoms with Gasteiger partial charge in [-0.3, -0.25) is 4.84 Å². The number of hydrogen-bond donors (Lipinski definition) is 1. The quantitative estimate of drug-likeness (QED) is 0.778. The first kappa shape index (κ1) is 13.2. The van der Waals surface area contributed by atoms with Gasteiger partial charge in [0, 0.05) is 7.11 Å². The molecule has 0 aliphatic rings. The van der Waals surface area contributed by atoms with Crippen molar-refractivity contribution in [2.75, 3.05) is 13.7 Å². The lowest BCUT2D eigenvalue weighted by Crippen LogP contribution is -2.33. The molecule has 3 nitrogen and oxygen atoms in total. The number of benzene rings is 1. The Labute approximate surface area is 97.7 Å². The van der Waals surface area contributed by atoms with Gasteiger partial charge in [-0.05, 0) is 26.3 Å². The second-order valence-electron chi connectivity index (χ2n) is 4.75. The summed E-state index contributed by atoms with van der Waals surface area (Å²) in [6.07, 6.45) is 0. The summed E-state index contributed by atoms with van der Waals surface area (Å²) in [5.74, 6) is 0. The molecule has 90 valence electrons. The van der Waals surface area contributed by atoms with Crippen LogP contribution in [0.2, 0.25) is 0 Å². The van der Waals surface area contributed by atoms with E-state index >= 15 is 0 Å². The first-order valence-corrected chi connectivity index (χ1v) is 5.50. The Bertz CT molecular complexity index is 293. The highest BCUT2D eigenvalue weighted by Gasteiger charge is 2.16. The lowest BCUT2D eigenvalue weighted by Gasteiger charge is -2.25. The lowest BCUT2D eigenvalue weighted by atomic mass is 10.1. The Balaban J connectivity index is 2.61. The highest BCUT2D eigenvalue weighted by Crippen LogP contribution is 2.15. The number of methoxy groups -OCH3 is 1. The van der Waals surface area contributed by atoms with E-state index in [9.17, 15) is 0 Å². The second-order valence-corrected chi connectivity index (χ2v) is 4.75. The Kier molecular flexibility index (Phi) is 4.93. The SMILES string of the molecule is COCC(NOC(C)(C)C)c1ccccc1. The molecule has 0 bridgehead atoms. The molecule has 0 radical (unpaired) electrons. The predicted molar refractivity (Wildman–Crippen MR) is 65.0 cm³/mol. The minimum Gasteiger partial charge on any atom is -0.383 e. The Morgan fingerprint density at radius 1 is 1.19 bits per heavy atom. The van der Waals surface area contributed by atoms with Gasteiger partial charge >= 0.3 is 0 Å². The van der Waals surface area contributed by atoms with Gasteiger partial charge in [0.05, 0.1) is 18.2 Å². The molecule has 1 aromatic rings. The van der Waals surface area contributed by atoms with Crippen molar-refractivity contribution < 1.29 is 9.57 Å². The topological polar surface area (TPSA) is 30.5 Å². The van der Waals surface area contributed by atoms with Gasteiger partial charge in [-0.15, -0.1) is 0 Å². The summed E-state index contributed by atoms with van der Waals surface area (Å²) in [5.41, 5.74) is 4.01. The van der Waals surface area contributed by atoms with Crippen LogP contribution in [0, 0.1) is 0 Å². The maximum atomic E-state index is 5.57. The molecule has 1 rings (SSSR count). The maximum absolute atomic E-state index is 5.57. The van der Waals surface area contributed by atoms with Gasteiger partial charge < -0.3 is 4.74 Å². The largest absolute Gasteiger partial charge is 0.383 e. The van der Waals surface area contributed by atoms with E-state index in [-0.39, 0.29) is 11.6 Å². The number of hydrogen-bond acceptors (Lipinski definition) is 3. The summed E-state index contributed by atoms with van der Waals surface area (Å²) >= 11 is 0. The van der Waals surface area contributed by atoms with Crippen LogP contribution in [0.5, 0.6) is 0 Å². The summed E-state index contributed by atoms with van der Waals surface area (Å²) in [4.78, 5) is 5.57. The van der Waals surface area contributed by atoms with E-state index < -0.39 is 0 Å². The molecule has 0 heterocycles. The number of ether oxygens (including phenoxy) is 1. The molecule has 3 heteroatoms. The zero-order valence-electron chi connectivity index (χ0n) is 10.5. The van der Waals surface area contributed by atoms with E-state index in [1.165, 1.54) is 0 Å². The number of hydroxylamine groups is 1. The van der Waals surface area contributed by atoms with Crippen molar-refractivity contribution in [3.05, 3.63) is 35.9 Å². The van der Waals surface area contributed by atoms with E-state index in [1.54, 1.807) is 7.11 Å². The molecular formula is C13H21NO2. The summed E-state index contributed by atoms with van der Waals surface area (Å²) in [7, 11) is 1.69. The smallest absolute Gasteiger partial charge is 0.0813 e. The van der Waals surface area contributed by atoms with Crippen LogP contribution in [-0.2, 0) is 9.57 Å². The number of rotatable bonds is 5. The van der Waals surface area contributed by atoms with Gasteiger partial charge in [-0.25, -0.2) is 0 Å². The van der Waals surface area contributed by atoms with Gasteiger partial charge in [0.1, 0.15) is 0 Å². The van der Waals surface area contributed by atoms with Crippen molar-refractivity contribution in [2.24, 2.45) is 0 Å². The van der Waals surface area contributed by atoms with Crippen LogP contribution >= 0.6 is 0 Å². The van der Waals surface area contributed by atoms with Crippen molar-refractivity contribution in [1.82, 2.24) is 5.48 Å². The fourth-order valence-electron chi connectivity index (χ4n) is 1.30. The van der Waals surface area contributed by atoms with E-state index in [0.29, 0.717) is 6.61 Å². The zero-order chi connectivity index (χ0) is 12.0. The van der Waals surface area contributed by atoms with Gasteiger partial charge in [-0.2, -0.15) is 5.48 Å². The van der Waals surface area contributed by atoms with Crippen molar-refractivity contribution in [2.45, 2.75) is 32.4 Å². The molecule has 0 fully saturated rings. The van der Waals surface area contributed by atoms with Gasteiger partial charge in [0.15, 0.2) is 0 Å². The lowest BCUT2D eigenvalue weighted by molar-refractivity contribution is -0.0973. The molecule has 16 heavy (non-hydrogen) atoms. The van der Waals surface area contributed by atoms with Crippen molar-refractivity contribution in [1.29, 1.82) is 0 Å². The molecule has 0 saturated heterocycles. The molecule has 1 unspecified atom stereocenters. The summed E-state index contributed by atoms with van der Waals surface area (Å²) in [6, 6.07) is 10.2. The summed E-state index contributed by atoms with van der Waals surface area (Å²) in [5, 5.41) is 0. The van der Waals surface area contributed by atoms with Crippen LogP contribution in [0.1, 0.15) is 32.4 Å². The molecule has 0 aliphatic carbocycles. The summed E-state index contributed by atoms with van der Waals surface area (Å²) in [6.45, 7) is 6.61. The third-order valence-electron chi connectivity index (χ3n) is 2.04. The Morgan fingerprint density at radius 3 is 2.31 bits per heavy atom. The van der Waals surface area contributed by atoms with Gasteiger partial charge in [0.2, 0.25) is 0 Å². The fraction of sp³-hybridized carbons (Fsp3) is 0.538. The number of nitrogens with one attached hydrogen (secondary N) is 1. The monoisotopic (exact) mass is 223 g/mol. The Morgan fingerprint density at radius 2 is 1.81 bits per heavy atom. The third kappa shape index (κ3) is 4.75. The normalized spacial score (nSPS) is 13.8. The maximum Gasteiger partial charge on any atom is 0.0813 e. The van der Waals surface area contributed by atoms with Crippen LogP contribution in [0.25, 0.3) is 0 Å². The zero-order valence-corrected chi connectivity index (χ0v) is 10.5. The second kappa shape index (κ2) is 5.99. The van der Waals surface area contributed by atoms with E-state index in [4.69, 9.17) is 9.57 Å². The van der Waals surface area contributed by atoms with Crippen LogP contribution in [0.4, 0.5) is 0 Å². The fourth-order valence-corrected chi connectivity index (χ4v) is 1.30. The molecule has 0 saturated carbocycles.